The highest BCUT2D eigenvalue weighted by molar-refractivity contribution is 7.99. The molecule has 3 rings (SSSR count). The molecule has 1 aliphatic heterocycles. The van der Waals surface area contributed by atoms with Crippen LogP contribution in [0.25, 0.3) is 0 Å². The average molecular weight is 314 g/mol. The maximum absolute atomic E-state index is 12.4. The second kappa shape index (κ2) is 7.05. The minimum Gasteiger partial charge on any atom is -0.345 e. The van der Waals surface area contributed by atoms with Crippen LogP contribution in [0.4, 0.5) is 0 Å². The Labute approximate surface area is 136 Å². The van der Waals surface area contributed by atoms with E-state index in [4.69, 9.17) is 0 Å². The summed E-state index contributed by atoms with van der Waals surface area (Å²) in [4.78, 5) is 14.4. The molecule has 116 valence electrons. The number of thioether (sulfide) groups is 1. The Kier molecular flexibility index (Phi) is 4.88. The number of hydrogen-bond acceptors (Lipinski definition) is 2. The number of aromatic nitrogens is 1. The van der Waals surface area contributed by atoms with Crippen LogP contribution < -0.4 is 0 Å². The first kappa shape index (κ1) is 15.2. The molecule has 2 aromatic rings. The standard InChI is InChI=1S/C18H22N2OS/c1-15-6-2-3-7-16(15)17-8-11-20(12-13-22-17)18(21)14-19-9-4-5-10-19/h2-7,9-10,17H,8,11-14H2,1H3/t17-/m1/s1. The van der Waals surface area contributed by atoms with Gasteiger partial charge in [-0.25, -0.2) is 0 Å². The van der Waals surface area contributed by atoms with Crippen molar-refractivity contribution in [3.05, 3.63) is 59.9 Å². The first-order chi connectivity index (χ1) is 10.7. The number of carbonyl (C=O) groups excluding carboxylic acids is 1. The van der Waals surface area contributed by atoms with Crippen molar-refractivity contribution in [3.8, 4) is 0 Å². The van der Waals surface area contributed by atoms with Crippen LogP contribution in [0.2, 0.25) is 0 Å². The Morgan fingerprint density at radius 1 is 1.18 bits per heavy atom. The van der Waals surface area contributed by atoms with E-state index in [2.05, 4.69) is 31.2 Å². The lowest BCUT2D eigenvalue weighted by Gasteiger charge is -2.21. The van der Waals surface area contributed by atoms with Crippen LogP contribution in [0.1, 0.15) is 22.8 Å². The van der Waals surface area contributed by atoms with Gasteiger partial charge in [0.2, 0.25) is 5.91 Å². The van der Waals surface area contributed by atoms with Gasteiger partial charge in [-0.15, -0.1) is 0 Å². The molecule has 1 atom stereocenters. The molecule has 0 spiro atoms. The van der Waals surface area contributed by atoms with Crippen molar-refractivity contribution in [2.75, 3.05) is 18.8 Å². The zero-order chi connectivity index (χ0) is 15.4. The molecule has 1 aromatic carbocycles. The van der Waals surface area contributed by atoms with Gasteiger partial charge in [-0.1, -0.05) is 24.3 Å². The monoisotopic (exact) mass is 314 g/mol. The maximum atomic E-state index is 12.4. The predicted octanol–water partition coefficient (Wildman–Crippen LogP) is 3.50. The Morgan fingerprint density at radius 3 is 2.73 bits per heavy atom. The Bertz CT molecular complexity index is 624. The predicted molar refractivity (Wildman–Crippen MR) is 92.0 cm³/mol. The van der Waals surface area contributed by atoms with Gasteiger partial charge >= 0.3 is 0 Å². The van der Waals surface area contributed by atoms with E-state index in [0.29, 0.717) is 11.8 Å². The number of amides is 1. The third-order valence-corrected chi connectivity index (χ3v) is 5.52. The summed E-state index contributed by atoms with van der Waals surface area (Å²) in [7, 11) is 0. The van der Waals surface area contributed by atoms with Crippen LogP contribution in [0, 0.1) is 6.92 Å². The Hall–Kier alpha value is -1.68. The highest BCUT2D eigenvalue weighted by atomic mass is 32.2. The van der Waals surface area contributed by atoms with Crippen LogP contribution in [0.3, 0.4) is 0 Å². The lowest BCUT2D eigenvalue weighted by atomic mass is 10.0. The Balaban J connectivity index is 1.62. The highest BCUT2D eigenvalue weighted by Crippen LogP contribution is 2.35. The summed E-state index contributed by atoms with van der Waals surface area (Å²) in [5, 5.41) is 0.505. The van der Waals surface area contributed by atoms with E-state index in [1.54, 1.807) is 0 Å². The van der Waals surface area contributed by atoms with E-state index in [0.717, 1.165) is 25.3 Å². The topological polar surface area (TPSA) is 25.2 Å². The summed E-state index contributed by atoms with van der Waals surface area (Å²) >= 11 is 1.98. The fourth-order valence-electron chi connectivity index (χ4n) is 2.95. The molecule has 22 heavy (non-hydrogen) atoms. The van der Waals surface area contributed by atoms with E-state index in [-0.39, 0.29) is 5.91 Å². The summed E-state index contributed by atoms with van der Waals surface area (Å²) in [5.74, 6) is 1.23. The van der Waals surface area contributed by atoms with E-state index < -0.39 is 0 Å². The zero-order valence-electron chi connectivity index (χ0n) is 12.9. The SMILES string of the molecule is Cc1ccccc1[C@H]1CCN(C(=O)Cn2cccc2)CCS1. The van der Waals surface area contributed by atoms with Crippen molar-refractivity contribution in [1.29, 1.82) is 0 Å². The quantitative estimate of drug-likeness (QED) is 0.866. The largest absolute Gasteiger partial charge is 0.345 e. The van der Waals surface area contributed by atoms with Crippen LogP contribution in [0.5, 0.6) is 0 Å². The summed E-state index contributed by atoms with van der Waals surface area (Å²) in [6.07, 6.45) is 4.92. The lowest BCUT2D eigenvalue weighted by molar-refractivity contribution is -0.131. The van der Waals surface area contributed by atoms with Gasteiger partial charge in [0, 0.05) is 36.5 Å². The lowest BCUT2D eigenvalue weighted by Crippen LogP contribution is -2.35. The molecule has 1 amide bonds. The fraction of sp³-hybridized carbons (Fsp3) is 0.389. The summed E-state index contributed by atoms with van der Waals surface area (Å²) in [6, 6.07) is 12.5. The van der Waals surface area contributed by atoms with Crippen LogP contribution in [-0.2, 0) is 11.3 Å². The van der Waals surface area contributed by atoms with E-state index in [1.807, 2.05) is 45.8 Å². The first-order valence-electron chi connectivity index (χ1n) is 7.80. The fourth-order valence-corrected chi connectivity index (χ4v) is 4.27. The Morgan fingerprint density at radius 2 is 1.95 bits per heavy atom. The smallest absolute Gasteiger partial charge is 0.242 e. The van der Waals surface area contributed by atoms with Crippen molar-refractivity contribution >= 4 is 17.7 Å². The molecule has 1 aromatic heterocycles. The summed E-state index contributed by atoms with van der Waals surface area (Å²) in [6.45, 7) is 4.34. The molecule has 1 saturated heterocycles. The third kappa shape index (κ3) is 3.55. The molecular formula is C18H22N2OS. The summed E-state index contributed by atoms with van der Waals surface area (Å²) in [5.41, 5.74) is 2.78. The average Bonchev–Trinajstić information content (AvgIpc) is 2.90. The van der Waals surface area contributed by atoms with Gasteiger partial charge < -0.3 is 9.47 Å². The molecule has 1 fully saturated rings. The molecule has 4 heteroatoms. The summed E-state index contributed by atoms with van der Waals surface area (Å²) < 4.78 is 1.94. The number of benzene rings is 1. The number of carbonyl (C=O) groups is 1. The molecular weight excluding hydrogens is 292 g/mol. The molecule has 0 aliphatic carbocycles. The van der Waals surface area contributed by atoms with E-state index in [1.165, 1.54) is 11.1 Å². The number of rotatable bonds is 3. The molecule has 0 radical (unpaired) electrons. The number of nitrogens with zero attached hydrogens (tertiary/aromatic N) is 2. The molecule has 1 aliphatic rings. The molecule has 3 nitrogen and oxygen atoms in total. The first-order valence-corrected chi connectivity index (χ1v) is 8.84. The van der Waals surface area contributed by atoms with Crippen molar-refractivity contribution in [1.82, 2.24) is 9.47 Å². The van der Waals surface area contributed by atoms with Crippen molar-refractivity contribution in [3.63, 3.8) is 0 Å². The third-order valence-electron chi connectivity index (χ3n) is 4.21. The van der Waals surface area contributed by atoms with Crippen molar-refractivity contribution in [2.45, 2.75) is 25.1 Å². The minimum atomic E-state index is 0.224. The van der Waals surface area contributed by atoms with E-state index in [9.17, 15) is 4.79 Å². The van der Waals surface area contributed by atoms with Crippen molar-refractivity contribution in [2.24, 2.45) is 0 Å². The van der Waals surface area contributed by atoms with Gasteiger partial charge in [-0.3, -0.25) is 4.79 Å². The van der Waals surface area contributed by atoms with Gasteiger partial charge in [-0.05, 0) is 36.6 Å². The van der Waals surface area contributed by atoms with E-state index >= 15 is 0 Å². The second-order valence-electron chi connectivity index (χ2n) is 5.74. The second-order valence-corrected chi connectivity index (χ2v) is 7.05. The van der Waals surface area contributed by atoms with Crippen LogP contribution >= 0.6 is 11.8 Å². The molecule has 2 heterocycles. The van der Waals surface area contributed by atoms with Gasteiger partial charge in [0.25, 0.3) is 0 Å². The zero-order valence-corrected chi connectivity index (χ0v) is 13.8. The van der Waals surface area contributed by atoms with Gasteiger partial charge in [0.1, 0.15) is 6.54 Å². The van der Waals surface area contributed by atoms with Gasteiger partial charge in [-0.2, -0.15) is 11.8 Å². The van der Waals surface area contributed by atoms with Crippen molar-refractivity contribution < 1.29 is 4.79 Å². The van der Waals surface area contributed by atoms with Crippen LogP contribution in [0.15, 0.2) is 48.8 Å². The number of aryl methyl sites for hydroxylation is 1. The highest BCUT2D eigenvalue weighted by Gasteiger charge is 2.22. The minimum absolute atomic E-state index is 0.224. The molecule has 0 saturated carbocycles. The maximum Gasteiger partial charge on any atom is 0.242 e. The molecule has 0 N–H and O–H groups in total. The molecule has 0 bridgehead atoms. The van der Waals surface area contributed by atoms with Gasteiger partial charge in [0.05, 0.1) is 0 Å². The molecule has 0 unspecified atom stereocenters. The number of hydrogen-bond donors (Lipinski definition) is 0. The van der Waals surface area contributed by atoms with Crippen LogP contribution in [-0.4, -0.2) is 34.2 Å². The van der Waals surface area contributed by atoms with Gasteiger partial charge in [0.15, 0.2) is 0 Å². The normalized spacial score (nSPS) is 19.0.